The Morgan fingerprint density at radius 3 is 2.52 bits per heavy atom. The highest BCUT2D eigenvalue weighted by atomic mass is 19.1. The van der Waals surface area contributed by atoms with Crippen molar-refractivity contribution in [2.24, 2.45) is 5.73 Å². The van der Waals surface area contributed by atoms with Crippen LogP contribution < -0.4 is 10.6 Å². The number of carbonyl (C=O) groups is 1. The Hall–Kier alpha value is -2.99. The molecule has 1 fully saturated rings. The van der Waals surface area contributed by atoms with E-state index in [0.717, 1.165) is 22.2 Å². The van der Waals surface area contributed by atoms with Gasteiger partial charge in [-0.2, -0.15) is 0 Å². The zero-order valence-corrected chi connectivity index (χ0v) is 15.0. The van der Waals surface area contributed by atoms with Crippen LogP contribution in [0, 0.1) is 12.7 Å². The summed E-state index contributed by atoms with van der Waals surface area (Å²) in [7, 11) is 0. The van der Waals surface area contributed by atoms with E-state index in [1.54, 1.807) is 24.3 Å². The molecule has 5 nitrogen and oxygen atoms in total. The fraction of sp³-hybridized carbons (Fsp3) is 0.238. The highest BCUT2D eigenvalue weighted by Gasteiger charge is 2.17. The molecule has 2 aromatic carbocycles. The monoisotopic (exact) mass is 365 g/mol. The molecule has 1 aromatic heterocycles. The molecule has 138 valence electrons. The van der Waals surface area contributed by atoms with Crippen LogP contribution in [0.3, 0.4) is 0 Å². The summed E-state index contributed by atoms with van der Waals surface area (Å²) in [6, 6.07) is 12.3. The first-order chi connectivity index (χ1) is 13.0. The highest BCUT2D eigenvalue weighted by molar-refractivity contribution is 5.93. The molecule has 0 spiro atoms. The number of benzene rings is 2. The Morgan fingerprint density at radius 2 is 1.85 bits per heavy atom. The number of hydrogen-bond donors (Lipinski definition) is 1. The lowest BCUT2D eigenvalue weighted by atomic mass is 10.0. The molecular weight excluding hydrogens is 345 g/mol. The molecule has 27 heavy (non-hydrogen) atoms. The van der Waals surface area contributed by atoms with Gasteiger partial charge in [-0.3, -0.25) is 4.79 Å². The molecule has 2 heterocycles. The van der Waals surface area contributed by atoms with Crippen molar-refractivity contribution in [3.63, 3.8) is 0 Å². The maximum atomic E-state index is 14.7. The second kappa shape index (κ2) is 6.96. The van der Waals surface area contributed by atoms with Crippen LogP contribution in [0.5, 0.6) is 0 Å². The number of hydrogen-bond acceptors (Lipinski definition) is 4. The fourth-order valence-corrected chi connectivity index (χ4v) is 3.40. The van der Waals surface area contributed by atoms with Gasteiger partial charge in [0.05, 0.1) is 30.1 Å². The summed E-state index contributed by atoms with van der Waals surface area (Å²) in [6.07, 6.45) is 0. The molecule has 0 bridgehead atoms. The Morgan fingerprint density at radius 1 is 1.15 bits per heavy atom. The molecule has 0 atom stereocenters. The number of nitrogens with zero attached hydrogens (tertiary/aromatic N) is 2. The SMILES string of the molecule is Cc1cc(-c2ccc(C(N)=O)cc2)nc2cc(F)c(N3CCOCC3)cc12. The van der Waals surface area contributed by atoms with Crippen LogP contribution in [0.4, 0.5) is 10.1 Å². The molecule has 0 saturated carbocycles. The van der Waals surface area contributed by atoms with Gasteiger partial charge < -0.3 is 15.4 Å². The zero-order valence-electron chi connectivity index (χ0n) is 15.0. The maximum absolute atomic E-state index is 14.7. The zero-order chi connectivity index (χ0) is 19.0. The van der Waals surface area contributed by atoms with Gasteiger partial charge in [-0.1, -0.05) is 12.1 Å². The number of amides is 1. The Bertz CT molecular complexity index is 1010. The van der Waals surface area contributed by atoms with Gasteiger partial charge in [-0.05, 0) is 36.8 Å². The summed E-state index contributed by atoms with van der Waals surface area (Å²) >= 11 is 0. The van der Waals surface area contributed by atoms with Crippen LogP contribution >= 0.6 is 0 Å². The average Bonchev–Trinajstić information content (AvgIpc) is 2.68. The van der Waals surface area contributed by atoms with E-state index in [0.29, 0.717) is 43.1 Å². The van der Waals surface area contributed by atoms with Gasteiger partial charge in [0, 0.05) is 35.7 Å². The molecule has 0 radical (unpaired) electrons. The topological polar surface area (TPSA) is 68.5 Å². The number of pyridine rings is 1. The summed E-state index contributed by atoms with van der Waals surface area (Å²) in [5.74, 6) is -0.751. The molecule has 0 unspecified atom stereocenters. The molecule has 1 aliphatic heterocycles. The molecule has 1 aliphatic rings. The molecule has 6 heteroatoms. The second-order valence-electron chi connectivity index (χ2n) is 6.69. The van der Waals surface area contributed by atoms with Gasteiger partial charge in [0.15, 0.2) is 0 Å². The highest BCUT2D eigenvalue weighted by Crippen LogP contribution is 2.30. The minimum atomic E-state index is -0.470. The number of nitrogens with two attached hydrogens (primary N) is 1. The van der Waals surface area contributed by atoms with E-state index in [-0.39, 0.29) is 5.82 Å². The quantitative estimate of drug-likeness (QED) is 0.773. The average molecular weight is 365 g/mol. The molecule has 1 amide bonds. The number of rotatable bonds is 3. The van der Waals surface area contributed by atoms with Crippen LogP contribution in [0.15, 0.2) is 42.5 Å². The molecule has 0 aliphatic carbocycles. The van der Waals surface area contributed by atoms with E-state index in [9.17, 15) is 9.18 Å². The smallest absolute Gasteiger partial charge is 0.248 e. The largest absolute Gasteiger partial charge is 0.378 e. The first-order valence-corrected chi connectivity index (χ1v) is 8.87. The lowest BCUT2D eigenvalue weighted by molar-refractivity contribution is 0.100. The molecule has 3 aromatic rings. The number of carbonyl (C=O) groups excluding carboxylic acids is 1. The fourth-order valence-electron chi connectivity index (χ4n) is 3.40. The van der Waals surface area contributed by atoms with Crippen molar-refractivity contribution in [2.75, 3.05) is 31.2 Å². The van der Waals surface area contributed by atoms with Gasteiger partial charge in [0.1, 0.15) is 5.82 Å². The van der Waals surface area contributed by atoms with Crippen molar-refractivity contribution in [2.45, 2.75) is 6.92 Å². The van der Waals surface area contributed by atoms with E-state index >= 15 is 0 Å². The summed E-state index contributed by atoms with van der Waals surface area (Å²) in [5.41, 5.74) is 9.53. The van der Waals surface area contributed by atoms with E-state index in [4.69, 9.17) is 10.5 Å². The van der Waals surface area contributed by atoms with Crippen LogP contribution in [0.25, 0.3) is 22.2 Å². The van der Waals surface area contributed by atoms with Crippen molar-refractivity contribution in [1.82, 2.24) is 4.98 Å². The number of morpholine rings is 1. The first-order valence-electron chi connectivity index (χ1n) is 8.87. The third-order valence-corrected chi connectivity index (χ3v) is 4.90. The van der Waals surface area contributed by atoms with Gasteiger partial charge in [0.2, 0.25) is 5.91 Å². The number of fused-ring (bicyclic) bond motifs is 1. The summed E-state index contributed by atoms with van der Waals surface area (Å²) in [6.45, 7) is 4.56. The number of anilines is 1. The Labute approximate surface area is 156 Å². The lowest BCUT2D eigenvalue weighted by Gasteiger charge is -2.29. The van der Waals surface area contributed by atoms with Crippen molar-refractivity contribution in [3.8, 4) is 11.3 Å². The number of aryl methyl sites for hydroxylation is 1. The predicted molar refractivity (Wildman–Crippen MR) is 103 cm³/mol. The number of ether oxygens (including phenoxy) is 1. The van der Waals surface area contributed by atoms with Gasteiger partial charge in [-0.15, -0.1) is 0 Å². The Balaban J connectivity index is 1.76. The van der Waals surface area contributed by atoms with E-state index in [2.05, 4.69) is 4.98 Å². The summed E-state index contributed by atoms with van der Waals surface area (Å²) in [4.78, 5) is 17.9. The molecule has 4 rings (SSSR count). The van der Waals surface area contributed by atoms with Gasteiger partial charge in [-0.25, -0.2) is 9.37 Å². The number of halogens is 1. The molecular formula is C21H20FN3O2. The lowest BCUT2D eigenvalue weighted by Crippen LogP contribution is -2.36. The molecule has 1 saturated heterocycles. The normalized spacial score (nSPS) is 14.5. The van der Waals surface area contributed by atoms with Crippen molar-refractivity contribution in [3.05, 3.63) is 59.4 Å². The summed E-state index contributed by atoms with van der Waals surface area (Å²) < 4.78 is 20.1. The van der Waals surface area contributed by atoms with Gasteiger partial charge >= 0.3 is 0 Å². The van der Waals surface area contributed by atoms with Crippen LogP contribution in [-0.4, -0.2) is 37.2 Å². The van der Waals surface area contributed by atoms with Gasteiger partial charge in [0.25, 0.3) is 0 Å². The van der Waals surface area contributed by atoms with Crippen molar-refractivity contribution >= 4 is 22.5 Å². The standard InChI is InChI=1S/C21H20FN3O2/c1-13-10-18(14-2-4-15(5-3-14)21(23)26)24-19-12-17(22)20(11-16(13)19)25-6-8-27-9-7-25/h2-5,10-12H,6-9H2,1H3,(H2,23,26). The maximum Gasteiger partial charge on any atom is 0.248 e. The minimum Gasteiger partial charge on any atom is -0.378 e. The third-order valence-electron chi connectivity index (χ3n) is 4.90. The predicted octanol–water partition coefficient (Wildman–Crippen LogP) is 3.28. The van der Waals surface area contributed by atoms with Crippen LogP contribution in [0.1, 0.15) is 15.9 Å². The third kappa shape index (κ3) is 3.36. The molecule has 2 N–H and O–H groups in total. The van der Waals surface area contributed by atoms with E-state index in [1.807, 2.05) is 24.0 Å². The second-order valence-corrected chi connectivity index (χ2v) is 6.69. The minimum absolute atomic E-state index is 0.280. The van der Waals surface area contributed by atoms with Crippen molar-refractivity contribution < 1.29 is 13.9 Å². The van der Waals surface area contributed by atoms with Crippen LogP contribution in [-0.2, 0) is 4.74 Å². The Kier molecular flexibility index (Phi) is 4.49. The van der Waals surface area contributed by atoms with E-state index < -0.39 is 5.91 Å². The number of aromatic nitrogens is 1. The van der Waals surface area contributed by atoms with E-state index in [1.165, 1.54) is 6.07 Å². The van der Waals surface area contributed by atoms with Crippen molar-refractivity contribution in [1.29, 1.82) is 0 Å². The summed E-state index contributed by atoms with van der Waals surface area (Å²) in [5, 5.41) is 0.926. The first kappa shape index (κ1) is 17.4. The van der Waals surface area contributed by atoms with Crippen LogP contribution in [0.2, 0.25) is 0 Å². The number of primary amides is 1.